The van der Waals surface area contributed by atoms with Crippen LogP contribution in [0.25, 0.3) is 0 Å². The molecule has 1 aromatic rings. The van der Waals surface area contributed by atoms with Gasteiger partial charge in [-0.1, -0.05) is 45.0 Å². The second kappa shape index (κ2) is 9.93. The fourth-order valence-electron chi connectivity index (χ4n) is 2.59. The topological polar surface area (TPSA) is 24.5 Å². The third-order valence-electron chi connectivity index (χ3n) is 4.07. The van der Waals surface area contributed by atoms with E-state index in [0.717, 1.165) is 32.8 Å². The van der Waals surface area contributed by atoms with Gasteiger partial charge in [0.2, 0.25) is 0 Å². The van der Waals surface area contributed by atoms with E-state index in [0.29, 0.717) is 12.0 Å². The molecule has 0 aliphatic heterocycles. The first-order valence-corrected chi connectivity index (χ1v) is 8.14. The van der Waals surface area contributed by atoms with Gasteiger partial charge in [-0.3, -0.25) is 4.90 Å². The molecule has 1 N–H and O–H groups in total. The highest BCUT2D eigenvalue weighted by molar-refractivity contribution is 5.25. The molecule has 0 aliphatic carbocycles. The molecule has 0 aromatic heterocycles. The van der Waals surface area contributed by atoms with Gasteiger partial charge in [-0.05, 0) is 37.1 Å². The van der Waals surface area contributed by atoms with Crippen LogP contribution in [0.4, 0.5) is 0 Å². The zero-order chi connectivity index (χ0) is 15.7. The fourth-order valence-corrected chi connectivity index (χ4v) is 2.59. The van der Waals surface area contributed by atoms with Crippen LogP contribution < -0.4 is 5.32 Å². The molecule has 21 heavy (non-hydrogen) atoms. The van der Waals surface area contributed by atoms with E-state index in [1.54, 1.807) is 7.11 Å². The highest BCUT2D eigenvalue weighted by Crippen LogP contribution is 2.16. The van der Waals surface area contributed by atoms with Crippen molar-refractivity contribution in [3.8, 4) is 0 Å². The smallest absolute Gasteiger partial charge is 0.0615 e. The van der Waals surface area contributed by atoms with Gasteiger partial charge in [0.1, 0.15) is 0 Å². The molecule has 0 bridgehead atoms. The molecule has 3 heteroatoms. The summed E-state index contributed by atoms with van der Waals surface area (Å²) in [6.07, 6.45) is 0. The van der Waals surface area contributed by atoms with Crippen LogP contribution in [0.1, 0.15) is 44.7 Å². The van der Waals surface area contributed by atoms with Crippen LogP contribution in [-0.4, -0.2) is 44.3 Å². The maximum absolute atomic E-state index is 5.26. The predicted molar refractivity (Wildman–Crippen MR) is 90.8 cm³/mol. The molecule has 2 unspecified atom stereocenters. The molecule has 120 valence electrons. The second-order valence-electron chi connectivity index (χ2n) is 5.82. The summed E-state index contributed by atoms with van der Waals surface area (Å²) in [6.45, 7) is 13.7. The molecule has 1 aromatic carbocycles. The molecule has 1 rings (SSSR count). The van der Waals surface area contributed by atoms with E-state index in [-0.39, 0.29) is 0 Å². The summed E-state index contributed by atoms with van der Waals surface area (Å²) in [5.74, 6) is 0.564. The first-order valence-electron chi connectivity index (χ1n) is 8.14. The Bertz CT molecular complexity index is 377. The van der Waals surface area contributed by atoms with Crippen molar-refractivity contribution in [1.82, 2.24) is 10.2 Å². The minimum atomic E-state index is 0.451. The lowest BCUT2D eigenvalue weighted by Crippen LogP contribution is -2.35. The average Bonchev–Trinajstić information content (AvgIpc) is 2.51. The second-order valence-corrected chi connectivity index (χ2v) is 5.82. The van der Waals surface area contributed by atoms with Crippen molar-refractivity contribution in [2.45, 2.75) is 46.2 Å². The number of hydrogen-bond acceptors (Lipinski definition) is 3. The lowest BCUT2D eigenvalue weighted by molar-refractivity contribution is 0.0982. The van der Waals surface area contributed by atoms with Gasteiger partial charge in [0.25, 0.3) is 0 Å². The number of likely N-dealkylation sites (N-methyl/N-ethyl adjacent to an activating group) is 2. The average molecular weight is 292 g/mol. The molecule has 3 nitrogen and oxygen atoms in total. The summed E-state index contributed by atoms with van der Waals surface area (Å²) in [5, 5.41) is 3.41. The number of nitrogens with zero attached hydrogens (tertiary/aromatic N) is 1. The molecule has 0 saturated heterocycles. The van der Waals surface area contributed by atoms with E-state index in [4.69, 9.17) is 4.74 Å². The van der Waals surface area contributed by atoms with Crippen LogP contribution in [0, 0.1) is 0 Å². The summed E-state index contributed by atoms with van der Waals surface area (Å²) in [4.78, 5) is 2.45. The first-order chi connectivity index (χ1) is 10.1. The Hall–Kier alpha value is -0.900. The normalized spacial score (nSPS) is 14.4. The van der Waals surface area contributed by atoms with E-state index in [2.05, 4.69) is 62.2 Å². The van der Waals surface area contributed by atoms with Gasteiger partial charge in [0.15, 0.2) is 0 Å². The fraction of sp³-hybridized carbons (Fsp3) is 0.667. The Morgan fingerprint density at radius 3 is 2.33 bits per heavy atom. The molecule has 0 aliphatic rings. The van der Waals surface area contributed by atoms with Crippen LogP contribution in [0.2, 0.25) is 0 Å². The molecule has 0 radical (unpaired) electrons. The molecular formula is C18H32N2O. The Morgan fingerprint density at radius 1 is 1.14 bits per heavy atom. The van der Waals surface area contributed by atoms with Crippen molar-refractivity contribution in [1.29, 1.82) is 0 Å². The molecule has 0 saturated carbocycles. The number of rotatable bonds is 10. The SMILES string of the molecule is CCNCC(C)c1ccc(CN(CC)C(C)COC)cc1. The highest BCUT2D eigenvalue weighted by atomic mass is 16.5. The lowest BCUT2D eigenvalue weighted by atomic mass is 9.99. The van der Waals surface area contributed by atoms with Gasteiger partial charge >= 0.3 is 0 Å². The highest BCUT2D eigenvalue weighted by Gasteiger charge is 2.12. The van der Waals surface area contributed by atoms with E-state index >= 15 is 0 Å². The number of methoxy groups -OCH3 is 1. The van der Waals surface area contributed by atoms with Gasteiger partial charge in [0.05, 0.1) is 6.61 Å². The minimum Gasteiger partial charge on any atom is -0.383 e. The summed E-state index contributed by atoms with van der Waals surface area (Å²) >= 11 is 0. The largest absolute Gasteiger partial charge is 0.383 e. The van der Waals surface area contributed by atoms with Crippen molar-refractivity contribution >= 4 is 0 Å². The monoisotopic (exact) mass is 292 g/mol. The van der Waals surface area contributed by atoms with Gasteiger partial charge in [-0.15, -0.1) is 0 Å². The van der Waals surface area contributed by atoms with Gasteiger partial charge in [-0.2, -0.15) is 0 Å². The Labute approximate surface area is 130 Å². The maximum atomic E-state index is 5.26. The van der Waals surface area contributed by atoms with E-state index < -0.39 is 0 Å². The third-order valence-corrected chi connectivity index (χ3v) is 4.07. The molecule has 0 fully saturated rings. The Morgan fingerprint density at radius 2 is 1.81 bits per heavy atom. The zero-order valence-electron chi connectivity index (χ0n) is 14.4. The first kappa shape index (κ1) is 18.1. The number of ether oxygens (including phenoxy) is 1. The Kier molecular flexibility index (Phi) is 8.58. The van der Waals surface area contributed by atoms with Crippen LogP contribution in [0.3, 0.4) is 0 Å². The van der Waals surface area contributed by atoms with Crippen LogP contribution in [0.5, 0.6) is 0 Å². The van der Waals surface area contributed by atoms with E-state index in [1.807, 2.05) is 0 Å². The number of benzene rings is 1. The number of hydrogen-bond donors (Lipinski definition) is 1. The van der Waals surface area contributed by atoms with Crippen LogP contribution in [0.15, 0.2) is 24.3 Å². The van der Waals surface area contributed by atoms with Gasteiger partial charge < -0.3 is 10.1 Å². The summed E-state index contributed by atoms with van der Waals surface area (Å²) in [7, 11) is 1.77. The summed E-state index contributed by atoms with van der Waals surface area (Å²) in [6, 6.07) is 9.52. The van der Waals surface area contributed by atoms with Crippen molar-refractivity contribution < 1.29 is 4.74 Å². The lowest BCUT2D eigenvalue weighted by Gasteiger charge is -2.27. The van der Waals surface area contributed by atoms with Crippen LogP contribution >= 0.6 is 0 Å². The van der Waals surface area contributed by atoms with Crippen molar-refractivity contribution in [3.05, 3.63) is 35.4 Å². The summed E-state index contributed by atoms with van der Waals surface area (Å²) < 4.78 is 5.26. The molecule has 0 amide bonds. The third kappa shape index (κ3) is 6.16. The summed E-state index contributed by atoms with van der Waals surface area (Å²) in [5.41, 5.74) is 2.78. The van der Waals surface area contributed by atoms with E-state index in [1.165, 1.54) is 11.1 Å². The molecule has 0 heterocycles. The maximum Gasteiger partial charge on any atom is 0.0615 e. The molecule has 2 atom stereocenters. The van der Waals surface area contributed by atoms with Gasteiger partial charge in [-0.25, -0.2) is 0 Å². The van der Waals surface area contributed by atoms with E-state index in [9.17, 15) is 0 Å². The molecular weight excluding hydrogens is 260 g/mol. The Balaban J connectivity index is 2.60. The minimum absolute atomic E-state index is 0.451. The van der Waals surface area contributed by atoms with Crippen LogP contribution in [-0.2, 0) is 11.3 Å². The predicted octanol–water partition coefficient (Wildman–Crippen LogP) is 3.26. The quantitative estimate of drug-likeness (QED) is 0.716. The standard InChI is InChI=1S/C18H32N2O/c1-6-19-12-15(3)18-10-8-17(9-11-18)13-20(7-2)16(4)14-21-5/h8-11,15-16,19H,6-7,12-14H2,1-5H3. The van der Waals surface area contributed by atoms with Crippen molar-refractivity contribution in [2.75, 3.05) is 33.4 Å². The van der Waals surface area contributed by atoms with Gasteiger partial charge in [0, 0.05) is 26.2 Å². The number of nitrogens with one attached hydrogen (secondary N) is 1. The van der Waals surface area contributed by atoms with Crippen molar-refractivity contribution in [2.24, 2.45) is 0 Å². The zero-order valence-corrected chi connectivity index (χ0v) is 14.4. The molecule has 0 spiro atoms. The van der Waals surface area contributed by atoms with Crippen molar-refractivity contribution in [3.63, 3.8) is 0 Å².